The topological polar surface area (TPSA) is 116 Å². The quantitative estimate of drug-likeness (QED) is 0.270. The molecule has 0 fully saturated rings. The lowest BCUT2D eigenvalue weighted by atomic mass is 9.85. The average Bonchev–Trinajstić information content (AvgIpc) is 3.48. The van der Waals surface area contributed by atoms with Crippen LogP contribution in [0.3, 0.4) is 0 Å². The normalized spacial score (nSPS) is 14.8. The Morgan fingerprint density at radius 2 is 1.88 bits per heavy atom. The summed E-state index contributed by atoms with van der Waals surface area (Å²) in [5, 5.41) is 19.9. The first-order chi connectivity index (χ1) is 19.4. The summed E-state index contributed by atoms with van der Waals surface area (Å²) in [6.45, 7) is 8.13. The summed E-state index contributed by atoms with van der Waals surface area (Å²) in [4.78, 5) is 26.6. The molecule has 40 heavy (non-hydrogen) atoms. The monoisotopic (exact) mass is 556 g/mol. The molecule has 0 radical (unpaired) electrons. The van der Waals surface area contributed by atoms with Crippen LogP contribution in [0.25, 0.3) is 0 Å². The van der Waals surface area contributed by atoms with Crippen molar-refractivity contribution in [2.75, 3.05) is 23.0 Å². The molecule has 0 saturated heterocycles. The molecule has 2 aromatic carbocycles. The van der Waals surface area contributed by atoms with E-state index in [0.717, 1.165) is 23.2 Å². The summed E-state index contributed by atoms with van der Waals surface area (Å²) < 4.78 is 11.3. The minimum absolute atomic E-state index is 0.0384. The fourth-order valence-electron chi connectivity index (χ4n) is 4.63. The van der Waals surface area contributed by atoms with E-state index in [1.165, 1.54) is 18.0 Å². The number of furan rings is 1. The van der Waals surface area contributed by atoms with Gasteiger partial charge in [0.05, 0.1) is 52.5 Å². The fourth-order valence-corrected chi connectivity index (χ4v) is 5.52. The molecule has 3 N–H and O–H groups in total. The molecular weight excluding hydrogens is 524 g/mol. The maximum absolute atomic E-state index is 13.8. The predicted octanol–water partition coefficient (Wildman–Crippen LogP) is 6.26. The number of anilines is 2. The number of dihydropyridines is 1. The van der Waals surface area contributed by atoms with E-state index in [1.54, 1.807) is 31.2 Å². The lowest BCUT2D eigenvalue weighted by Crippen LogP contribution is -2.31. The van der Waals surface area contributed by atoms with Gasteiger partial charge in [0.1, 0.15) is 11.5 Å². The number of para-hydroxylation sites is 3. The molecule has 206 valence electrons. The van der Waals surface area contributed by atoms with Gasteiger partial charge in [0.2, 0.25) is 5.91 Å². The number of carbonyl (C=O) groups excluding carboxylic acids is 2. The van der Waals surface area contributed by atoms with E-state index < -0.39 is 5.92 Å². The number of thioether (sulfide) groups is 1. The summed E-state index contributed by atoms with van der Waals surface area (Å²) in [5.41, 5.74) is 4.58. The van der Waals surface area contributed by atoms with Gasteiger partial charge in [-0.15, -0.1) is 0 Å². The summed E-state index contributed by atoms with van der Waals surface area (Å²) in [7, 11) is 0. The Hall–Kier alpha value is -4.42. The van der Waals surface area contributed by atoms with E-state index in [0.29, 0.717) is 45.7 Å². The molecular formula is C31H32N4O4S. The van der Waals surface area contributed by atoms with Crippen LogP contribution < -0.4 is 20.7 Å². The van der Waals surface area contributed by atoms with Crippen molar-refractivity contribution in [3.05, 3.63) is 99.6 Å². The average molecular weight is 557 g/mol. The maximum atomic E-state index is 13.8. The van der Waals surface area contributed by atoms with Crippen molar-refractivity contribution in [1.29, 1.82) is 5.26 Å². The zero-order valence-corrected chi connectivity index (χ0v) is 23.8. The Morgan fingerprint density at radius 1 is 1.07 bits per heavy atom. The molecule has 4 rings (SSSR count). The van der Waals surface area contributed by atoms with Crippen LogP contribution in [0.2, 0.25) is 0 Å². The van der Waals surface area contributed by atoms with E-state index in [-0.39, 0.29) is 17.6 Å². The summed E-state index contributed by atoms with van der Waals surface area (Å²) in [6, 6.07) is 18.9. The van der Waals surface area contributed by atoms with Crippen LogP contribution in [0.4, 0.5) is 11.4 Å². The number of amides is 2. The largest absolute Gasteiger partial charge is 0.492 e. The number of hydrogen-bond acceptors (Lipinski definition) is 7. The molecule has 0 bridgehead atoms. The van der Waals surface area contributed by atoms with E-state index in [1.807, 2.05) is 51.1 Å². The third-order valence-electron chi connectivity index (χ3n) is 6.51. The zero-order chi connectivity index (χ0) is 28.6. The smallest absolute Gasteiger partial charge is 0.254 e. The first-order valence-corrected chi connectivity index (χ1v) is 14.1. The number of hydrogen-bond donors (Lipinski definition) is 3. The lowest BCUT2D eigenvalue weighted by Gasteiger charge is -2.28. The number of carbonyl (C=O) groups is 2. The number of nitriles is 1. The van der Waals surface area contributed by atoms with Crippen LogP contribution in [0.5, 0.6) is 5.75 Å². The van der Waals surface area contributed by atoms with E-state index in [9.17, 15) is 14.9 Å². The first-order valence-electron chi connectivity index (χ1n) is 13.1. The molecule has 0 unspecified atom stereocenters. The molecule has 8 nitrogen and oxygen atoms in total. The third kappa shape index (κ3) is 6.24. The number of ether oxygens (including phenoxy) is 1. The first kappa shape index (κ1) is 28.6. The standard InChI is InChI=1S/C31H32N4O4S/c1-5-21-12-9-11-19(3)29(21)35-30(37)27-20(4)33-31(22(17-32)28(27)25-15-10-16-39-25)40-18-26(36)34-23-13-7-8-14-24(23)38-6-2/h7-16,28,33H,5-6,18H2,1-4H3,(H,34,36)(H,35,37)/t28-/m0/s1. The molecule has 3 aromatic rings. The van der Waals surface area contributed by atoms with Crippen LogP contribution >= 0.6 is 11.8 Å². The van der Waals surface area contributed by atoms with Crippen LogP contribution in [0.1, 0.15) is 43.6 Å². The van der Waals surface area contributed by atoms with Gasteiger partial charge in [-0.05, 0) is 62.6 Å². The van der Waals surface area contributed by atoms with E-state index in [2.05, 4.69) is 22.0 Å². The molecule has 1 aliphatic rings. The van der Waals surface area contributed by atoms with Crippen LogP contribution in [-0.4, -0.2) is 24.2 Å². The molecule has 1 aliphatic heterocycles. The second-order valence-electron chi connectivity index (χ2n) is 9.15. The van der Waals surface area contributed by atoms with E-state index in [4.69, 9.17) is 9.15 Å². The van der Waals surface area contributed by atoms with Crippen LogP contribution in [0.15, 0.2) is 87.1 Å². The Morgan fingerprint density at radius 3 is 2.58 bits per heavy atom. The maximum Gasteiger partial charge on any atom is 0.254 e. The zero-order valence-electron chi connectivity index (χ0n) is 23.0. The minimum atomic E-state index is -0.736. The van der Waals surface area contributed by atoms with Gasteiger partial charge in [-0.25, -0.2) is 0 Å². The third-order valence-corrected chi connectivity index (χ3v) is 7.52. The van der Waals surface area contributed by atoms with Crippen LogP contribution in [0, 0.1) is 18.3 Å². The predicted molar refractivity (Wildman–Crippen MR) is 158 cm³/mol. The molecule has 2 amide bonds. The molecule has 0 aliphatic carbocycles. The van der Waals surface area contributed by atoms with Crippen molar-refractivity contribution in [2.45, 2.75) is 40.0 Å². The summed E-state index contributed by atoms with van der Waals surface area (Å²) >= 11 is 1.19. The van der Waals surface area contributed by atoms with Crippen molar-refractivity contribution in [3.63, 3.8) is 0 Å². The number of benzene rings is 2. The number of aryl methyl sites for hydroxylation is 2. The van der Waals surface area contributed by atoms with Gasteiger partial charge in [0.15, 0.2) is 0 Å². The lowest BCUT2D eigenvalue weighted by molar-refractivity contribution is -0.114. The van der Waals surface area contributed by atoms with Crippen molar-refractivity contribution >= 4 is 35.0 Å². The molecule has 2 heterocycles. The molecule has 0 spiro atoms. The molecule has 1 aromatic heterocycles. The highest BCUT2D eigenvalue weighted by Crippen LogP contribution is 2.41. The van der Waals surface area contributed by atoms with Gasteiger partial charge in [0, 0.05) is 11.4 Å². The second-order valence-corrected chi connectivity index (χ2v) is 10.1. The SMILES string of the molecule is CCOc1ccccc1NC(=O)CSC1=C(C#N)[C@@H](c2ccco2)C(C(=O)Nc2c(C)cccc2CC)=C(C)N1. The fraction of sp³-hybridized carbons (Fsp3) is 0.258. The van der Waals surface area contributed by atoms with Gasteiger partial charge in [-0.2, -0.15) is 5.26 Å². The molecule has 1 atom stereocenters. The van der Waals surface area contributed by atoms with Gasteiger partial charge >= 0.3 is 0 Å². The van der Waals surface area contributed by atoms with Crippen molar-refractivity contribution in [3.8, 4) is 11.8 Å². The Kier molecular flexibility index (Phi) is 9.35. The van der Waals surface area contributed by atoms with Gasteiger partial charge in [-0.3, -0.25) is 9.59 Å². The number of rotatable bonds is 10. The number of nitrogens with zero attached hydrogens (tertiary/aromatic N) is 1. The van der Waals surface area contributed by atoms with Crippen molar-refractivity contribution in [1.82, 2.24) is 5.32 Å². The minimum Gasteiger partial charge on any atom is -0.492 e. The Labute approximate surface area is 238 Å². The van der Waals surface area contributed by atoms with Crippen molar-refractivity contribution < 1.29 is 18.7 Å². The highest BCUT2D eigenvalue weighted by Gasteiger charge is 2.36. The van der Waals surface area contributed by atoms with Crippen LogP contribution in [-0.2, 0) is 16.0 Å². The summed E-state index contributed by atoms with van der Waals surface area (Å²) in [6.07, 6.45) is 2.28. The van der Waals surface area contributed by atoms with E-state index >= 15 is 0 Å². The molecule has 9 heteroatoms. The highest BCUT2D eigenvalue weighted by molar-refractivity contribution is 8.03. The molecule has 0 saturated carbocycles. The van der Waals surface area contributed by atoms with Crippen molar-refractivity contribution in [2.24, 2.45) is 0 Å². The van der Waals surface area contributed by atoms with Gasteiger partial charge in [-0.1, -0.05) is 49.0 Å². The summed E-state index contributed by atoms with van der Waals surface area (Å²) in [5.74, 6) is -0.219. The van der Waals surface area contributed by atoms with Gasteiger partial charge in [0.25, 0.3) is 5.91 Å². The number of nitrogens with one attached hydrogen (secondary N) is 3. The van der Waals surface area contributed by atoms with Gasteiger partial charge < -0.3 is 25.1 Å². The second kappa shape index (κ2) is 13.1. The Balaban J connectivity index is 1.60. The number of allylic oxidation sites excluding steroid dienone is 2. The highest BCUT2D eigenvalue weighted by atomic mass is 32.2. The Bertz CT molecular complexity index is 1500.